The molecule has 0 spiro atoms. The van der Waals surface area contributed by atoms with Crippen LogP contribution in [-0.2, 0) is 11.7 Å². The lowest BCUT2D eigenvalue weighted by Crippen LogP contribution is -2.33. The molecule has 10 nitrogen and oxygen atoms in total. The van der Waals surface area contributed by atoms with Gasteiger partial charge in [-0.2, -0.15) is 4.98 Å². The van der Waals surface area contributed by atoms with Crippen LogP contribution in [0.1, 0.15) is 10.3 Å². The van der Waals surface area contributed by atoms with Crippen molar-refractivity contribution < 1.29 is 24.2 Å². The molecule has 1 aliphatic heterocycles. The fourth-order valence-electron chi connectivity index (χ4n) is 2.28. The van der Waals surface area contributed by atoms with E-state index in [-0.39, 0.29) is 11.2 Å². The van der Waals surface area contributed by atoms with Gasteiger partial charge in [-0.3, -0.25) is 13.9 Å². The topological polar surface area (TPSA) is 149 Å². The van der Waals surface area contributed by atoms with Gasteiger partial charge in [0, 0.05) is 11.1 Å². The van der Waals surface area contributed by atoms with Gasteiger partial charge in [0.05, 0.1) is 12.9 Å². The second-order valence-electron chi connectivity index (χ2n) is 4.66. The molecule has 0 bridgehead atoms. The van der Waals surface area contributed by atoms with Crippen LogP contribution < -0.4 is 11.3 Å². The van der Waals surface area contributed by atoms with Crippen LogP contribution in [0.5, 0.6) is 0 Å². The zero-order valence-electron chi connectivity index (χ0n) is 13.6. The largest absolute Gasteiger partial charge is 0.394 e. The molecule has 114 valence electrons. The number of aromatic nitrogens is 4. The molecule has 2 aromatic rings. The van der Waals surface area contributed by atoms with Crippen LogP contribution in [-0.4, -0.2) is 59.3 Å². The van der Waals surface area contributed by atoms with E-state index in [1.54, 1.807) is 0 Å². The summed E-state index contributed by atoms with van der Waals surface area (Å²) in [6.07, 6.45) is -3.84. The smallest absolute Gasteiger partial charge is 0.282 e. The first kappa shape index (κ1) is 10.7. The summed E-state index contributed by atoms with van der Waals surface area (Å²) in [6, 6.07) is 0. The number of anilines is 1. The highest BCUT2D eigenvalue weighted by atomic mass is 16.6. The van der Waals surface area contributed by atoms with Gasteiger partial charge in [-0.15, -0.1) is 0 Å². The van der Waals surface area contributed by atoms with Crippen molar-refractivity contribution in [3.05, 3.63) is 16.7 Å². The Bertz CT molecular complexity index is 834. The summed E-state index contributed by atoms with van der Waals surface area (Å²) in [4.78, 5) is 20.0. The number of nitrogens with two attached hydrogens (primary N) is 1. The highest BCUT2D eigenvalue weighted by Gasteiger charge is 2.44. The maximum Gasteiger partial charge on any atom is 0.282 e. The molecule has 0 radical (unpaired) electrons. The van der Waals surface area contributed by atoms with E-state index >= 15 is 0 Å². The molecule has 10 heteroatoms. The minimum atomic E-state index is -2.83. The fraction of sp³-hybridized carbons (Fsp3) is 0.545. The summed E-state index contributed by atoms with van der Waals surface area (Å²) in [5.74, 6) is -0.555. The maximum atomic E-state index is 12.3. The number of aliphatic hydroxyl groups excluding tert-OH is 3. The normalized spacial score (nSPS) is 32.0. The van der Waals surface area contributed by atoms with E-state index in [0.717, 1.165) is 10.9 Å². The van der Waals surface area contributed by atoms with Gasteiger partial charge in [0.2, 0.25) is 5.95 Å². The first-order chi connectivity index (χ1) is 11.2. The predicted octanol–water partition coefficient (Wildman–Crippen LogP) is -2.68. The second-order valence-corrected chi connectivity index (χ2v) is 4.66. The van der Waals surface area contributed by atoms with Crippen LogP contribution in [0.4, 0.5) is 5.95 Å². The van der Waals surface area contributed by atoms with Crippen molar-refractivity contribution in [2.75, 3.05) is 12.3 Å². The van der Waals surface area contributed by atoms with Crippen molar-refractivity contribution in [3.8, 4) is 0 Å². The monoisotopic (exact) mass is 300 g/mol. The third-order valence-electron chi connectivity index (χ3n) is 3.41. The zero-order chi connectivity index (χ0) is 17.8. The molecule has 0 aliphatic carbocycles. The van der Waals surface area contributed by atoms with Gasteiger partial charge in [-0.05, 0) is 0 Å². The zero-order valence-corrected chi connectivity index (χ0v) is 10.6. The molecule has 5 N–H and O–H groups in total. The van der Waals surface area contributed by atoms with Crippen LogP contribution >= 0.6 is 0 Å². The van der Waals surface area contributed by atoms with Crippen LogP contribution in [0.15, 0.2) is 11.1 Å². The number of nitrogens with zero attached hydrogens (tertiary/aromatic N) is 4. The lowest BCUT2D eigenvalue weighted by atomic mass is 10.1. The third kappa shape index (κ3) is 1.92. The van der Waals surface area contributed by atoms with Crippen molar-refractivity contribution in [1.82, 2.24) is 19.1 Å². The number of imidazole rings is 1. The van der Waals surface area contributed by atoms with E-state index in [0.29, 0.717) is 4.57 Å². The molecular weight excluding hydrogens is 282 g/mol. The molecule has 1 fully saturated rings. The first-order valence-corrected chi connectivity index (χ1v) is 6.04. The summed E-state index contributed by atoms with van der Waals surface area (Å²) in [5.41, 5.74) is 4.22. The average molecular weight is 300 g/mol. The molecule has 0 saturated carbocycles. The molecule has 3 rings (SSSR count). The van der Waals surface area contributed by atoms with Crippen LogP contribution in [0, 0.1) is 0 Å². The van der Waals surface area contributed by atoms with Gasteiger partial charge in [0.15, 0.2) is 17.4 Å². The van der Waals surface area contributed by atoms with Crippen molar-refractivity contribution in [2.24, 2.45) is 6.98 Å². The van der Waals surface area contributed by atoms with Gasteiger partial charge < -0.3 is 25.8 Å². The number of aliphatic hydroxyl groups is 3. The molecule has 1 aliphatic rings. The third-order valence-corrected chi connectivity index (χ3v) is 3.41. The Morgan fingerprint density at radius 2 is 2.29 bits per heavy atom. The van der Waals surface area contributed by atoms with E-state index in [9.17, 15) is 15.0 Å². The SMILES string of the molecule is [2H]C([2H])([2H])n1c(N)nc2c(ncn2[C@@H]2O[C@H](CO)[C@@H](O)[C@H]2O)c1=O. The van der Waals surface area contributed by atoms with Gasteiger partial charge in [-0.1, -0.05) is 0 Å². The Morgan fingerprint density at radius 3 is 2.90 bits per heavy atom. The minimum absolute atomic E-state index is 0.104. The van der Waals surface area contributed by atoms with Crippen molar-refractivity contribution in [1.29, 1.82) is 0 Å². The van der Waals surface area contributed by atoms with E-state index in [2.05, 4.69) is 9.97 Å². The lowest BCUT2D eigenvalue weighted by molar-refractivity contribution is -0.0511. The van der Waals surface area contributed by atoms with Crippen molar-refractivity contribution in [3.63, 3.8) is 0 Å². The number of rotatable bonds is 2. The lowest BCUT2D eigenvalue weighted by Gasteiger charge is -2.16. The van der Waals surface area contributed by atoms with Crippen LogP contribution in [0.25, 0.3) is 11.2 Å². The molecule has 0 aromatic carbocycles. The highest BCUT2D eigenvalue weighted by molar-refractivity contribution is 5.71. The summed E-state index contributed by atoms with van der Waals surface area (Å²) in [7, 11) is 0. The Labute approximate surface area is 122 Å². The van der Waals surface area contributed by atoms with E-state index in [4.69, 9.17) is 19.7 Å². The Kier molecular flexibility index (Phi) is 2.43. The second kappa shape index (κ2) is 4.77. The number of nitrogen functional groups attached to an aromatic ring is 1. The number of hydrogen-bond acceptors (Lipinski definition) is 8. The Hall–Kier alpha value is -2.01. The van der Waals surface area contributed by atoms with Crippen LogP contribution in [0.2, 0.25) is 0 Å². The van der Waals surface area contributed by atoms with Crippen LogP contribution in [0.3, 0.4) is 0 Å². The molecule has 21 heavy (non-hydrogen) atoms. The average Bonchev–Trinajstić information content (AvgIpc) is 3.00. The molecule has 2 aromatic heterocycles. The standard InChI is InChI=1S/C11H15N5O5/c1-15-9(20)5-8(14-11(15)12)16(3-13-5)10-7(19)6(18)4(2-17)21-10/h3-4,6-7,10,17-19H,2H2,1H3,(H2,12,14)/t4-,6-,7-,10-/m1/s1/i1D3. The van der Waals surface area contributed by atoms with E-state index in [1.807, 2.05) is 0 Å². The highest BCUT2D eigenvalue weighted by Crippen LogP contribution is 2.30. The number of hydrogen-bond donors (Lipinski definition) is 4. The quantitative estimate of drug-likeness (QED) is 0.469. The van der Waals surface area contributed by atoms with Gasteiger partial charge in [-0.25, -0.2) is 4.98 Å². The van der Waals surface area contributed by atoms with Crippen molar-refractivity contribution >= 4 is 17.1 Å². The maximum absolute atomic E-state index is 12.3. The van der Waals surface area contributed by atoms with Crippen molar-refractivity contribution in [2.45, 2.75) is 24.5 Å². The summed E-state index contributed by atoms with van der Waals surface area (Å²) in [5, 5.41) is 29.0. The Morgan fingerprint density at radius 1 is 1.52 bits per heavy atom. The predicted molar refractivity (Wildman–Crippen MR) is 70.2 cm³/mol. The Balaban J connectivity index is 2.15. The van der Waals surface area contributed by atoms with Gasteiger partial charge >= 0.3 is 0 Å². The summed E-state index contributed by atoms with van der Waals surface area (Å²) in [6.45, 7) is -3.35. The minimum Gasteiger partial charge on any atom is -0.394 e. The molecular formula is C11H15N5O5. The number of ether oxygens (including phenoxy) is 1. The van der Waals surface area contributed by atoms with E-state index in [1.165, 1.54) is 0 Å². The number of fused-ring (bicyclic) bond motifs is 1. The molecule has 0 unspecified atom stereocenters. The first-order valence-electron chi connectivity index (χ1n) is 7.54. The molecule has 0 amide bonds. The summed E-state index contributed by atoms with van der Waals surface area (Å²) < 4.78 is 28.8. The molecule has 4 atom stereocenters. The van der Waals surface area contributed by atoms with E-state index < -0.39 is 49.6 Å². The van der Waals surface area contributed by atoms with Gasteiger partial charge in [0.1, 0.15) is 18.3 Å². The van der Waals surface area contributed by atoms with Gasteiger partial charge in [0.25, 0.3) is 5.56 Å². The fourth-order valence-corrected chi connectivity index (χ4v) is 2.28. The molecule has 1 saturated heterocycles. The molecule has 3 heterocycles. The summed E-state index contributed by atoms with van der Waals surface area (Å²) >= 11 is 0.